The first kappa shape index (κ1) is 18.5. The Bertz CT molecular complexity index is 1080. The van der Waals surface area contributed by atoms with Crippen LogP contribution in [0.5, 0.6) is 5.88 Å². The van der Waals surface area contributed by atoms with Gasteiger partial charge >= 0.3 is 180 Å². The zero-order valence-electron chi connectivity index (χ0n) is 16.0. The quantitative estimate of drug-likeness (QED) is 0.515. The molecule has 8 heteroatoms. The summed E-state index contributed by atoms with van der Waals surface area (Å²) >= 11 is -0.983. The fraction of sp³-hybridized carbons (Fsp3) is 0.238. The summed E-state index contributed by atoms with van der Waals surface area (Å²) in [5.74, 6) is 1.52. The summed E-state index contributed by atoms with van der Waals surface area (Å²) in [6.07, 6.45) is 5.21. The van der Waals surface area contributed by atoms with Gasteiger partial charge in [-0.2, -0.15) is 0 Å². The number of hydrogen-bond acceptors (Lipinski definition) is 7. The van der Waals surface area contributed by atoms with Crippen molar-refractivity contribution in [2.75, 3.05) is 38.3 Å². The van der Waals surface area contributed by atoms with Crippen LogP contribution in [0.2, 0.25) is 0 Å². The number of hydrogen-bond donors (Lipinski definition) is 0. The van der Waals surface area contributed by atoms with Crippen LogP contribution in [0.15, 0.2) is 52.1 Å². The van der Waals surface area contributed by atoms with Gasteiger partial charge in [0.05, 0.1) is 0 Å². The molecular weight excluding hydrogens is 473 g/mol. The van der Waals surface area contributed by atoms with Crippen molar-refractivity contribution in [1.29, 1.82) is 0 Å². The van der Waals surface area contributed by atoms with E-state index in [0.717, 1.165) is 54.7 Å². The molecule has 1 fully saturated rings. The number of morpholine rings is 1. The Hall–Kier alpha value is -2.52. The van der Waals surface area contributed by atoms with Gasteiger partial charge in [-0.3, -0.25) is 0 Å². The average molecular weight is 492 g/mol. The second kappa shape index (κ2) is 8.08. The number of fused-ring (bicyclic) bond motifs is 1. The Labute approximate surface area is 179 Å². The topological polar surface area (TPSA) is 72.7 Å². The average Bonchev–Trinajstić information content (AvgIpc) is 3.23. The molecule has 29 heavy (non-hydrogen) atoms. The molecule has 0 bridgehead atoms. The molecule has 7 nitrogen and oxygen atoms in total. The third-order valence-electron chi connectivity index (χ3n) is 5.05. The van der Waals surface area contributed by atoms with Crippen molar-refractivity contribution in [2.24, 2.45) is 3.21 Å². The van der Waals surface area contributed by atoms with Gasteiger partial charge < -0.3 is 0 Å². The molecule has 1 saturated heterocycles. The van der Waals surface area contributed by atoms with Crippen LogP contribution in [0.4, 0.5) is 5.82 Å². The fourth-order valence-corrected chi connectivity index (χ4v) is 6.30. The van der Waals surface area contributed by atoms with Crippen molar-refractivity contribution in [3.05, 3.63) is 60.0 Å². The molecule has 5 rings (SSSR count). The van der Waals surface area contributed by atoms with E-state index in [4.69, 9.17) is 12.7 Å². The van der Waals surface area contributed by atoms with Crippen LogP contribution in [0.1, 0.15) is 11.1 Å². The summed E-state index contributed by atoms with van der Waals surface area (Å²) in [5, 5.41) is 0. The van der Waals surface area contributed by atoms with E-state index in [9.17, 15) is 0 Å². The molecule has 2 aliphatic rings. The van der Waals surface area contributed by atoms with Crippen molar-refractivity contribution in [1.82, 2.24) is 15.0 Å². The molecule has 0 unspecified atom stereocenters. The van der Waals surface area contributed by atoms with E-state index >= 15 is 0 Å². The Morgan fingerprint density at radius 3 is 2.69 bits per heavy atom. The summed E-state index contributed by atoms with van der Waals surface area (Å²) in [6.45, 7) is 3.22. The number of ether oxygens (including phenoxy) is 2. The molecular formula is C21H19N5O2Sn. The number of rotatable bonds is 4. The van der Waals surface area contributed by atoms with E-state index in [-0.39, 0.29) is 0 Å². The van der Waals surface area contributed by atoms with E-state index in [2.05, 4.69) is 44.1 Å². The predicted octanol–water partition coefficient (Wildman–Crippen LogP) is 1.48. The molecule has 0 aliphatic carbocycles. The van der Waals surface area contributed by atoms with Crippen molar-refractivity contribution in [2.45, 2.75) is 0 Å². The van der Waals surface area contributed by atoms with Gasteiger partial charge in [-0.15, -0.1) is 0 Å². The number of nitrogens with zero attached hydrogens (tertiary/aromatic N) is 5. The van der Waals surface area contributed by atoms with E-state index < -0.39 is 21.4 Å². The van der Waals surface area contributed by atoms with Gasteiger partial charge in [-0.1, -0.05) is 0 Å². The van der Waals surface area contributed by atoms with E-state index in [1.165, 1.54) is 9.14 Å². The third-order valence-corrected chi connectivity index (χ3v) is 7.94. The first-order valence-corrected chi connectivity index (χ1v) is 12.2. The SMILES string of the molecule is COc1nccnc1-c1cc[c]2c(c1)C(c1ccnc(N3CCOCC3)c1)=[N][Sn]2. The summed E-state index contributed by atoms with van der Waals surface area (Å²) in [5.41, 5.74) is 5.11. The van der Waals surface area contributed by atoms with Gasteiger partial charge in [0.1, 0.15) is 0 Å². The van der Waals surface area contributed by atoms with Crippen molar-refractivity contribution >= 4 is 36.5 Å². The minimum absolute atomic E-state index is 0.530. The summed E-state index contributed by atoms with van der Waals surface area (Å²) in [6, 6.07) is 10.6. The zero-order valence-corrected chi connectivity index (χ0v) is 18.9. The van der Waals surface area contributed by atoms with Gasteiger partial charge in [-0.25, -0.2) is 0 Å². The standard InChI is InChI=1S/C21H19N5O2.Sn/c1-27-21-20(24-7-8-25-21)17-4-2-3-15(13-17)19(22)16-5-6-23-18(14-16)26-9-11-28-12-10-26;/h2,4-8,13-14H,9-12H2,1H3;/q-1;+1. The minimum atomic E-state index is -0.983. The zero-order chi connectivity index (χ0) is 19.6. The van der Waals surface area contributed by atoms with Gasteiger partial charge in [0.15, 0.2) is 0 Å². The summed E-state index contributed by atoms with van der Waals surface area (Å²) in [7, 11) is 1.62. The van der Waals surface area contributed by atoms with Crippen LogP contribution in [0.3, 0.4) is 0 Å². The van der Waals surface area contributed by atoms with E-state index in [1.54, 1.807) is 19.5 Å². The van der Waals surface area contributed by atoms with Gasteiger partial charge in [0.2, 0.25) is 0 Å². The molecule has 1 aromatic carbocycles. The number of anilines is 1. The molecule has 2 aliphatic heterocycles. The molecule has 0 atom stereocenters. The third kappa shape index (κ3) is 3.60. The molecule has 4 heterocycles. The fourth-order valence-electron chi connectivity index (χ4n) is 3.59. The normalized spacial score (nSPS) is 15.8. The van der Waals surface area contributed by atoms with Crippen molar-refractivity contribution in [3.8, 4) is 17.1 Å². The second-order valence-electron chi connectivity index (χ2n) is 6.75. The van der Waals surface area contributed by atoms with Crippen LogP contribution >= 0.6 is 0 Å². The maximum atomic E-state index is 5.46. The van der Waals surface area contributed by atoms with Crippen LogP contribution in [-0.2, 0) is 4.74 Å². The molecule has 0 N–H and O–H groups in total. The predicted molar refractivity (Wildman–Crippen MR) is 112 cm³/mol. The van der Waals surface area contributed by atoms with Crippen LogP contribution in [0.25, 0.3) is 11.3 Å². The molecule has 144 valence electrons. The second-order valence-corrected chi connectivity index (χ2v) is 9.56. The Kier molecular flexibility index (Phi) is 5.15. The van der Waals surface area contributed by atoms with Crippen molar-refractivity contribution in [3.63, 3.8) is 0 Å². The number of benzene rings is 1. The Morgan fingerprint density at radius 2 is 1.83 bits per heavy atom. The summed E-state index contributed by atoms with van der Waals surface area (Å²) in [4.78, 5) is 15.6. The molecule has 2 radical (unpaired) electrons. The van der Waals surface area contributed by atoms with Gasteiger partial charge in [0, 0.05) is 0 Å². The number of aromatic nitrogens is 3. The van der Waals surface area contributed by atoms with Crippen LogP contribution in [-0.4, -0.2) is 75.5 Å². The number of pyridine rings is 1. The molecule has 0 amide bonds. The van der Waals surface area contributed by atoms with Gasteiger partial charge in [-0.05, 0) is 0 Å². The summed E-state index contributed by atoms with van der Waals surface area (Å²) < 4.78 is 17.2. The van der Waals surface area contributed by atoms with Gasteiger partial charge in [0.25, 0.3) is 0 Å². The Balaban J connectivity index is 1.51. The molecule has 0 spiro atoms. The van der Waals surface area contributed by atoms with Crippen molar-refractivity contribution < 1.29 is 9.47 Å². The van der Waals surface area contributed by atoms with E-state index in [1.807, 2.05) is 12.3 Å². The monoisotopic (exact) mass is 493 g/mol. The van der Waals surface area contributed by atoms with E-state index in [0.29, 0.717) is 5.88 Å². The van der Waals surface area contributed by atoms with Crippen LogP contribution < -0.4 is 13.2 Å². The molecule has 3 aromatic rings. The first-order valence-electron chi connectivity index (χ1n) is 9.46. The maximum absolute atomic E-state index is 5.46. The van der Waals surface area contributed by atoms with Crippen LogP contribution in [0, 0.1) is 0 Å². The molecule has 0 saturated carbocycles. The molecule has 2 aromatic heterocycles. The Morgan fingerprint density at radius 1 is 0.966 bits per heavy atom. The number of methoxy groups -OCH3 is 1. The first-order chi connectivity index (χ1) is 14.3.